The van der Waals surface area contributed by atoms with Crippen molar-refractivity contribution < 1.29 is 8.78 Å². The van der Waals surface area contributed by atoms with E-state index < -0.39 is 11.6 Å². The minimum absolute atomic E-state index is 0.0316. The molecular weight excluding hydrogens is 444 g/mol. The molecule has 0 spiro atoms. The first-order chi connectivity index (χ1) is 15.8. The molecule has 3 aromatic rings. The number of nitrogens with zero attached hydrogens (tertiary/aromatic N) is 3. The Bertz CT molecular complexity index is 1200. The van der Waals surface area contributed by atoms with Crippen LogP contribution in [0.5, 0.6) is 0 Å². The van der Waals surface area contributed by atoms with Crippen molar-refractivity contribution in [2.45, 2.75) is 32.6 Å². The van der Waals surface area contributed by atoms with E-state index in [9.17, 15) is 8.78 Å². The van der Waals surface area contributed by atoms with Crippen LogP contribution in [-0.2, 0) is 0 Å². The Morgan fingerprint density at radius 1 is 1.18 bits per heavy atom. The van der Waals surface area contributed by atoms with E-state index in [0.717, 1.165) is 41.4 Å². The molecule has 2 aromatic heterocycles. The van der Waals surface area contributed by atoms with Crippen LogP contribution in [0.1, 0.15) is 40.3 Å². The first-order valence-electron chi connectivity index (χ1n) is 10.7. The number of benzene rings is 1. The summed E-state index contributed by atoms with van der Waals surface area (Å²) in [5.41, 5.74) is 8.54. The number of nitrogens with one attached hydrogen (secondary N) is 1. The molecule has 0 saturated carbocycles. The second kappa shape index (κ2) is 9.42. The van der Waals surface area contributed by atoms with Crippen LogP contribution >= 0.6 is 11.3 Å². The van der Waals surface area contributed by atoms with Crippen LogP contribution < -0.4 is 27.7 Å². The Labute approximate surface area is 195 Å². The number of amidine groups is 1. The molecule has 10 heteroatoms. The van der Waals surface area contributed by atoms with Gasteiger partial charge in [-0.2, -0.15) is 5.10 Å². The van der Waals surface area contributed by atoms with Crippen molar-refractivity contribution in [2.75, 3.05) is 23.8 Å². The number of nitrogens with two attached hydrogens (primary N) is 3. The van der Waals surface area contributed by atoms with E-state index in [1.165, 1.54) is 29.5 Å². The van der Waals surface area contributed by atoms with Crippen molar-refractivity contribution in [3.05, 3.63) is 63.7 Å². The minimum Gasteiger partial charge on any atom is -0.383 e. The zero-order chi connectivity index (χ0) is 23.7. The summed E-state index contributed by atoms with van der Waals surface area (Å²) in [5.74, 6) is 10.3. The van der Waals surface area contributed by atoms with Crippen molar-refractivity contribution in [1.29, 1.82) is 0 Å². The zero-order valence-electron chi connectivity index (χ0n) is 18.5. The van der Waals surface area contributed by atoms with Gasteiger partial charge in [-0.05, 0) is 75.0 Å². The summed E-state index contributed by atoms with van der Waals surface area (Å²) in [4.78, 5) is 6.59. The maximum Gasteiger partial charge on any atom is 0.184 e. The van der Waals surface area contributed by atoms with Gasteiger partial charge in [-0.1, -0.05) is 6.07 Å². The van der Waals surface area contributed by atoms with E-state index in [4.69, 9.17) is 17.4 Å². The van der Waals surface area contributed by atoms with Crippen molar-refractivity contribution in [3.63, 3.8) is 0 Å². The number of hydrogen-bond donors (Lipinski definition) is 4. The fourth-order valence-corrected chi connectivity index (χ4v) is 5.25. The minimum atomic E-state index is -1.10. The van der Waals surface area contributed by atoms with Gasteiger partial charge in [0.25, 0.3) is 0 Å². The Morgan fingerprint density at radius 2 is 1.91 bits per heavy atom. The summed E-state index contributed by atoms with van der Waals surface area (Å²) >= 11 is 1.68. The summed E-state index contributed by atoms with van der Waals surface area (Å²) in [7, 11) is 0. The number of nitrogen functional groups attached to an aromatic ring is 1. The molecule has 1 fully saturated rings. The quantitative estimate of drug-likeness (QED) is 0.199. The lowest BCUT2D eigenvalue weighted by Gasteiger charge is -2.22. The lowest BCUT2D eigenvalue weighted by Crippen LogP contribution is -2.40. The van der Waals surface area contributed by atoms with E-state index in [2.05, 4.69) is 28.4 Å². The van der Waals surface area contributed by atoms with Crippen LogP contribution in [-0.4, -0.2) is 23.9 Å². The standard InChI is InChI=1S/C23H27F2N7S/c1-12-3-4-18(21(25)20(12)24)32(28)23(31-27)17-9-15(11-30-22(17)26)19-10-16(13(2)33-19)14-5-7-29-8-6-14/h3-4,9-11,14,29H,5-8,27-28H2,1-2H3,(H2,26,30)/b31-23-. The number of aromatic nitrogens is 1. The normalized spacial score (nSPS) is 15.1. The molecule has 1 saturated heterocycles. The average Bonchev–Trinajstić information content (AvgIpc) is 3.21. The van der Waals surface area contributed by atoms with Crippen LogP contribution in [0, 0.1) is 25.5 Å². The van der Waals surface area contributed by atoms with Crippen LogP contribution in [0.3, 0.4) is 0 Å². The van der Waals surface area contributed by atoms with Gasteiger partial charge < -0.3 is 16.9 Å². The maximum absolute atomic E-state index is 14.6. The molecule has 33 heavy (non-hydrogen) atoms. The van der Waals surface area contributed by atoms with Crippen molar-refractivity contribution >= 4 is 28.7 Å². The number of piperidine rings is 1. The third-order valence-electron chi connectivity index (χ3n) is 6.04. The summed E-state index contributed by atoms with van der Waals surface area (Å²) in [6, 6.07) is 6.76. The highest BCUT2D eigenvalue weighted by molar-refractivity contribution is 7.15. The molecule has 4 rings (SSSR count). The number of rotatable bonds is 4. The molecule has 0 radical (unpaired) electrons. The number of aryl methyl sites for hydroxylation is 2. The number of hydrogen-bond acceptors (Lipinski definition) is 7. The molecule has 174 valence electrons. The highest BCUT2D eigenvalue weighted by atomic mass is 32.1. The van der Waals surface area contributed by atoms with Crippen LogP contribution in [0.25, 0.3) is 10.4 Å². The summed E-state index contributed by atoms with van der Waals surface area (Å²) in [6.07, 6.45) is 3.89. The first kappa shape index (κ1) is 23.1. The predicted molar refractivity (Wildman–Crippen MR) is 130 cm³/mol. The molecule has 0 atom stereocenters. The van der Waals surface area contributed by atoms with Gasteiger partial charge in [-0.3, -0.25) is 5.01 Å². The molecular formula is C23H27F2N7S. The zero-order valence-corrected chi connectivity index (χ0v) is 19.3. The largest absolute Gasteiger partial charge is 0.383 e. The van der Waals surface area contributed by atoms with Crippen molar-refractivity contribution in [2.24, 2.45) is 16.8 Å². The van der Waals surface area contributed by atoms with Crippen LogP contribution in [0.2, 0.25) is 0 Å². The highest BCUT2D eigenvalue weighted by Gasteiger charge is 2.24. The predicted octanol–water partition coefficient (Wildman–Crippen LogP) is 3.75. The molecule has 0 amide bonds. The fraction of sp³-hybridized carbons (Fsp3) is 0.304. The van der Waals surface area contributed by atoms with Crippen LogP contribution in [0.4, 0.5) is 20.3 Å². The molecule has 1 aliphatic rings. The van der Waals surface area contributed by atoms with Gasteiger partial charge in [0.15, 0.2) is 17.5 Å². The average molecular weight is 472 g/mol. The van der Waals surface area contributed by atoms with Gasteiger partial charge in [-0.15, -0.1) is 11.3 Å². The first-order valence-corrected chi connectivity index (χ1v) is 11.5. The van der Waals surface area contributed by atoms with Crippen molar-refractivity contribution in [1.82, 2.24) is 10.3 Å². The van der Waals surface area contributed by atoms with E-state index >= 15 is 0 Å². The molecule has 1 aromatic carbocycles. The molecule has 1 aliphatic heterocycles. The highest BCUT2D eigenvalue weighted by Crippen LogP contribution is 2.38. The number of halogens is 2. The SMILES string of the molecule is Cc1ccc(N(N)/C(=N\N)c2cc(-c3cc(C4CCNCC4)c(C)s3)cnc2N)c(F)c1F. The lowest BCUT2D eigenvalue weighted by atomic mass is 9.90. The van der Waals surface area contributed by atoms with Gasteiger partial charge >= 0.3 is 0 Å². The monoisotopic (exact) mass is 471 g/mol. The molecule has 0 unspecified atom stereocenters. The maximum atomic E-state index is 14.6. The number of hydrazine groups is 1. The Morgan fingerprint density at radius 3 is 2.61 bits per heavy atom. The van der Waals surface area contributed by atoms with Gasteiger partial charge in [0.05, 0.1) is 11.3 Å². The van der Waals surface area contributed by atoms with E-state index in [1.54, 1.807) is 23.6 Å². The molecule has 3 heterocycles. The summed E-state index contributed by atoms with van der Waals surface area (Å²) in [6.45, 7) is 5.62. The van der Waals surface area contributed by atoms with Gasteiger partial charge in [0.1, 0.15) is 5.82 Å². The van der Waals surface area contributed by atoms with E-state index in [1.807, 2.05) is 0 Å². The molecule has 7 nitrogen and oxygen atoms in total. The Kier molecular flexibility index (Phi) is 6.59. The smallest absolute Gasteiger partial charge is 0.184 e. The summed E-state index contributed by atoms with van der Waals surface area (Å²) in [5, 5.41) is 8.01. The van der Waals surface area contributed by atoms with E-state index in [-0.39, 0.29) is 22.9 Å². The molecule has 7 N–H and O–H groups in total. The molecule has 0 bridgehead atoms. The number of thiophene rings is 1. The van der Waals surface area contributed by atoms with E-state index in [0.29, 0.717) is 11.5 Å². The van der Waals surface area contributed by atoms with Gasteiger partial charge in [0.2, 0.25) is 0 Å². The third kappa shape index (κ3) is 4.41. The van der Waals surface area contributed by atoms with Gasteiger partial charge in [0, 0.05) is 21.5 Å². The third-order valence-corrected chi connectivity index (χ3v) is 7.16. The Balaban J connectivity index is 1.70. The number of hydrazone groups is 1. The number of pyridine rings is 1. The fourth-order valence-electron chi connectivity index (χ4n) is 4.16. The second-order valence-electron chi connectivity index (χ2n) is 8.16. The second-order valence-corrected chi connectivity index (χ2v) is 9.41. The number of anilines is 2. The topological polar surface area (TPSA) is 119 Å². The molecule has 0 aliphatic carbocycles. The van der Waals surface area contributed by atoms with Gasteiger partial charge in [-0.25, -0.2) is 19.6 Å². The van der Waals surface area contributed by atoms with Crippen LogP contribution in [0.15, 0.2) is 35.6 Å². The van der Waals surface area contributed by atoms with Crippen molar-refractivity contribution in [3.8, 4) is 10.4 Å². The lowest BCUT2D eigenvalue weighted by molar-refractivity contribution is 0.460. The Hall–Kier alpha value is -3.08. The summed E-state index contributed by atoms with van der Waals surface area (Å²) < 4.78 is 28.7.